The molecule has 0 aliphatic heterocycles. The molecule has 1 N–H and O–H groups in total. The van der Waals surface area contributed by atoms with Gasteiger partial charge in [0.2, 0.25) is 0 Å². The molecule has 0 unspecified atom stereocenters. The maximum Gasteiger partial charge on any atom is 0.178 e. The SMILES string of the molecule is Cc1ccc2[nH]c(-c3ccc(C(C)C)cc3)nc2n1. The molecule has 3 heteroatoms. The highest BCUT2D eigenvalue weighted by Crippen LogP contribution is 2.22. The molecule has 0 atom stereocenters. The van der Waals surface area contributed by atoms with Gasteiger partial charge in [0.25, 0.3) is 0 Å². The normalized spacial score (nSPS) is 11.4. The van der Waals surface area contributed by atoms with Gasteiger partial charge in [-0.2, -0.15) is 0 Å². The molecule has 0 aliphatic carbocycles. The number of benzene rings is 1. The van der Waals surface area contributed by atoms with Crippen LogP contribution in [0.1, 0.15) is 31.0 Å². The zero-order valence-electron chi connectivity index (χ0n) is 11.4. The number of aromatic nitrogens is 3. The van der Waals surface area contributed by atoms with E-state index in [1.54, 1.807) is 0 Å². The van der Waals surface area contributed by atoms with Gasteiger partial charge in [-0.15, -0.1) is 0 Å². The van der Waals surface area contributed by atoms with E-state index in [-0.39, 0.29) is 0 Å². The zero-order chi connectivity index (χ0) is 13.4. The average molecular weight is 251 g/mol. The van der Waals surface area contributed by atoms with Gasteiger partial charge in [-0.3, -0.25) is 0 Å². The van der Waals surface area contributed by atoms with Crippen LogP contribution in [0.25, 0.3) is 22.6 Å². The first-order valence-corrected chi connectivity index (χ1v) is 6.57. The number of rotatable bonds is 2. The van der Waals surface area contributed by atoms with Crippen LogP contribution in [0.4, 0.5) is 0 Å². The lowest BCUT2D eigenvalue weighted by molar-refractivity contribution is 0.867. The van der Waals surface area contributed by atoms with Crippen molar-refractivity contribution in [2.24, 2.45) is 0 Å². The second kappa shape index (κ2) is 4.50. The minimum Gasteiger partial charge on any atom is -0.337 e. The fourth-order valence-corrected chi connectivity index (χ4v) is 2.15. The monoisotopic (exact) mass is 251 g/mol. The van der Waals surface area contributed by atoms with Crippen LogP contribution in [-0.2, 0) is 0 Å². The summed E-state index contributed by atoms with van der Waals surface area (Å²) in [5.74, 6) is 1.43. The molecule has 1 aromatic carbocycles. The van der Waals surface area contributed by atoms with E-state index in [0.29, 0.717) is 5.92 Å². The molecule has 0 radical (unpaired) electrons. The largest absolute Gasteiger partial charge is 0.337 e. The van der Waals surface area contributed by atoms with Crippen LogP contribution in [0.3, 0.4) is 0 Å². The number of aromatic amines is 1. The number of hydrogen-bond donors (Lipinski definition) is 1. The van der Waals surface area contributed by atoms with Gasteiger partial charge in [-0.25, -0.2) is 9.97 Å². The average Bonchev–Trinajstić information content (AvgIpc) is 2.81. The molecule has 0 saturated carbocycles. The second-order valence-electron chi connectivity index (χ2n) is 5.19. The van der Waals surface area contributed by atoms with Crippen molar-refractivity contribution in [1.82, 2.24) is 15.0 Å². The minimum absolute atomic E-state index is 0.550. The lowest BCUT2D eigenvalue weighted by Crippen LogP contribution is -1.87. The van der Waals surface area contributed by atoms with Gasteiger partial charge >= 0.3 is 0 Å². The van der Waals surface area contributed by atoms with Crippen molar-refractivity contribution in [2.45, 2.75) is 26.7 Å². The van der Waals surface area contributed by atoms with E-state index in [0.717, 1.165) is 28.2 Å². The Labute approximate surface area is 112 Å². The van der Waals surface area contributed by atoms with Gasteiger partial charge in [-0.05, 0) is 30.5 Å². The Morgan fingerprint density at radius 2 is 1.68 bits per heavy atom. The maximum absolute atomic E-state index is 4.55. The summed E-state index contributed by atoms with van der Waals surface area (Å²) in [6, 6.07) is 12.6. The minimum atomic E-state index is 0.550. The quantitative estimate of drug-likeness (QED) is 0.746. The number of hydrogen-bond acceptors (Lipinski definition) is 2. The highest BCUT2D eigenvalue weighted by molar-refractivity contribution is 5.76. The van der Waals surface area contributed by atoms with Gasteiger partial charge in [-0.1, -0.05) is 38.1 Å². The topological polar surface area (TPSA) is 41.6 Å². The Balaban J connectivity index is 2.03. The molecule has 2 aromatic heterocycles. The Morgan fingerprint density at radius 1 is 0.947 bits per heavy atom. The van der Waals surface area contributed by atoms with E-state index in [9.17, 15) is 0 Å². The summed E-state index contributed by atoms with van der Waals surface area (Å²) in [5, 5.41) is 0. The molecule has 0 aliphatic rings. The molecule has 3 aromatic rings. The maximum atomic E-state index is 4.55. The van der Waals surface area contributed by atoms with Crippen molar-refractivity contribution in [1.29, 1.82) is 0 Å². The summed E-state index contributed by atoms with van der Waals surface area (Å²) in [4.78, 5) is 12.3. The lowest BCUT2D eigenvalue weighted by atomic mass is 10.0. The number of H-pyrrole nitrogens is 1. The molecular weight excluding hydrogens is 234 g/mol. The van der Waals surface area contributed by atoms with E-state index in [1.807, 2.05) is 19.1 Å². The van der Waals surface area contributed by atoms with E-state index in [2.05, 4.69) is 53.1 Å². The second-order valence-corrected chi connectivity index (χ2v) is 5.19. The van der Waals surface area contributed by atoms with Crippen LogP contribution in [0.2, 0.25) is 0 Å². The number of fused-ring (bicyclic) bond motifs is 1. The Bertz CT molecular complexity index is 708. The van der Waals surface area contributed by atoms with E-state index < -0.39 is 0 Å². The Kier molecular flexibility index (Phi) is 2.82. The van der Waals surface area contributed by atoms with Crippen molar-refractivity contribution in [3.8, 4) is 11.4 Å². The predicted octanol–water partition coefficient (Wildman–Crippen LogP) is 4.06. The van der Waals surface area contributed by atoms with Crippen LogP contribution < -0.4 is 0 Å². The summed E-state index contributed by atoms with van der Waals surface area (Å²) in [6.07, 6.45) is 0. The number of aryl methyl sites for hydroxylation is 1. The standard InChI is InChI=1S/C16H17N3/c1-10(2)12-5-7-13(8-6-12)15-18-14-9-4-11(3)17-16(14)19-15/h4-10H,1-3H3,(H,17,18,19). The van der Waals surface area contributed by atoms with Crippen molar-refractivity contribution >= 4 is 11.2 Å². The molecule has 0 fully saturated rings. The van der Waals surface area contributed by atoms with Crippen LogP contribution in [0.15, 0.2) is 36.4 Å². The van der Waals surface area contributed by atoms with Gasteiger partial charge in [0, 0.05) is 11.3 Å². The molecule has 2 heterocycles. The van der Waals surface area contributed by atoms with Crippen LogP contribution in [-0.4, -0.2) is 15.0 Å². The summed E-state index contributed by atoms with van der Waals surface area (Å²) in [7, 11) is 0. The third-order valence-electron chi connectivity index (χ3n) is 3.34. The molecular formula is C16H17N3. The Morgan fingerprint density at radius 3 is 2.37 bits per heavy atom. The molecule has 3 rings (SSSR count). The highest BCUT2D eigenvalue weighted by Gasteiger charge is 2.07. The molecule has 3 nitrogen and oxygen atoms in total. The Hall–Kier alpha value is -2.16. The van der Waals surface area contributed by atoms with Crippen molar-refractivity contribution in [2.75, 3.05) is 0 Å². The van der Waals surface area contributed by atoms with Gasteiger partial charge in [0.1, 0.15) is 5.82 Å². The van der Waals surface area contributed by atoms with Gasteiger partial charge in [0.15, 0.2) is 5.65 Å². The van der Waals surface area contributed by atoms with E-state index in [1.165, 1.54) is 5.56 Å². The van der Waals surface area contributed by atoms with Crippen LogP contribution in [0.5, 0.6) is 0 Å². The number of imidazole rings is 1. The molecule has 0 amide bonds. The van der Waals surface area contributed by atoms with Crippen molar-refractivity contribution < 1.29 is 0 Å². The highest BCUT2D eigenvalue weighted by atomic mass is 15.0. The van der Waals surface area contributed by atoms with Crippen LogP contribution in [0, 0.1) is 6.92 Å². The van der Waals surface area contributed by atoms with Crippen molar-refractivity contribution in [3.05, 3.63) is 47.7 Å². The fourth-order valence-electron chi connectivity index (χ4n) is 2.15. The first kappa shape index (κ1) is 11.9. The van der Waals surface area contributed by atoms with E-state index in [4.69, 9.17) is 0 Å². The molecule has 0 saturated heterocycles. The fraction of sp³-hybridized carbons (Fsp3) is 0.250. The number of nitrogens with one attached hydrogen (secondary N) is 1. The van der Waals surface area contributed by atoms with Crippen LogP contribution >= 0.6 is 0 Å². The van der Waals surface area contributed by atoms with Crippen molar-refractivity contribution in [3.63, 3.8) is 0 Å². The summed E-state index contributed by atoms with van der Waals surface area (Å²) >= 11 is 0. The third kappa shape index (κ3) is 2.24. The summed E-state index contributed by atoms with van der Waals surface area (Å²) in [6.45, 7) is 6.37. The molecule has 19 heavy (non-hydrogen) atoms. The summed E-state index contributed by atoms with van der Waals surface area (Å²) in [5.41, 5.74) is 5.19. The molecule has 96 valence electrons. The lowest BCUT2D eigenvalue weighted by Gasteiger charge is -2.05. The molecule has 0 spiro atoms. The van der Waals surface area contributed by atoms with E-state index >= 15 is 0 Å². The zero-order valence-corrected chi connectivity index (χ0v) is 11.4. The predicted molar refractivity (Wildman–Crippen MR) is 78.2 cm³/mol. The first-order valence-electron chi connectivity index (χ1n) is 6.57. The number of nitrogens with zero attached hydrogens (tertiary/aromatic N) is 2. The third-order valence-corrected chi connectivity index (χ3v) is 3.34. The summed E-state index contributed by atoms with van der Waals surface area (Å²) < 4.78 is 0. The smallest absolute Gasteiger partial charge is 0.178 e. The van der Waals surface area contributed by atoms with Gasteiger partial charge in [0.05, 0.1) is 5.52 Å². The van der Waals surface area contributed by atoms with Gasteiger partial charge < -0.3 is 4.98 Å². The molecule has 0 bridgehead atoms. The first-order chi connectivity index (χ1) is 9.13. The number of pyridine rings is 1.